The molecule has 0 saturated heterocycles. The number of amides is 1. The van der Waals surface area contributed by atoms with E-state index in [1.54, 1.807) is 4.90 Å². The van der Waals surface area contributed by atoms with Gasteiger partial charge in [-0.15, -0.1) is 0 Å². The lowest BCUT2D eigenvalue weighted by Gasteiger charge is -2.18. The van der Waals surface area contributed by atoms with E-state index >= 15 is 0 Å². The summed E-state index contributed by atoms with van der Waals surface area (Å²) in [6, 6.07) is 20.7. The zero-order valence-electron chi connectivity index (χ0n) is 18.6. The molecule has 0 aliphatic rings. The fourth-order valence-corrected chi connectivity index (χ4v) is 4.02. The SMILES string of the molecule is Cc1cc2nc(C)c(CCC(=O)N(C)Cc3ccc(-c4ccccc4)cc3)c(C)n2n1. The largest absolute Gasteiger partial charge is 0.341 e. The molecule has 4 rings (SSSR count). The molecule has 0 atom stereocenters. The number of rotatable bonds is 6. The van der Waals surface area contributed by atoms with Crippen LogP contribution in [0.25, 0.3) is 16.8 Å². The molecule has 158 valence electrons. The van der Waals surface area contributed by atoms with E-state index in [4.69, 9.17) is 0 Å². The van der Waals surface area contributed by atoms with Gasteiger partial charge in [-0.2, -0.15) is 5.10 Å². The number of carbonyl (C=O) groups is 1. The minimum absolute atomic E-state index is 0.127. The van der Waals surface area contributed by atoms with Crippen LogP contribution in [-0.4, -0.2) is 32.5 Å². The average Bonchev–Trinajstić information content (AvgIpc) is 3.14. The Morgan fingerprint density at radius 2 is 1.65 bits per heavy atom. The Kier molecular flexibility index (Phi) is 5.85. The summed E-state index contributed by atoms with van der Waals surface area (Å²) in [6.07, 6.45) is 1.11. The minimum Gasteiger partial charge on any atom is -0.341 e. The van der Waals surface area contributed by atoms with Gasteiger partial charge in [0.1, 0.15) is 0 Å². The highest BCUT2D eigenvalue weighted by Crippen LogP contribution is 2.20. The molecule has 0 N–H and O–H groups in total. The number of hydrogen-bond acceptors (Lipinski definition) is 3. The Labute approximate surface area is 183 Å². The molecule has 5 heteroatoms. The van der Waals surface area contributed by atoms with Gasteiger partial charge < -0.3 is 4.90 Å². The van der Waals surface area contributed by atoms with Gasteiger partial charge in [0, 0.05) is 37.5 Å². The van der Waals surface area contributed by atoms with E-state index in [9.17, 15) is 4.79 Å². The van der Waals surface area contributed by atoms with Crippen LogP contribution in [0.4, 0.5) is 0 Å². The molecule has 31 heavy (non-hydrogen) atoms. The molecule has 0 saturated carbocycles. The first-order valence-corrected chi connectivity index (χ1v) is 10.6. The van der Waals surface area contributed by atoms with Gasteiger partial charge in [0.2, 0.25) is 5.91 Å². The summed E-state index contributed by atoms with van der Waals surface area (Å²) in [7, 11) is 1.87. The molecule has 0 spiro atoms. The normalized spacial score (nSPS) is 11.1. The van der Waals surface area contributed by atoms with Crippen molar-refractivity contribution in [3.8, 4) is 11.1 Å². The number of fused-ring (bicyclic) bond motifs is 1. The lowest BCUT2D eigenvalue weighted by Crippen LogP contribution is -2.26. The van der Waals surface area contributed by atoms with Crippen molar-refractivity contribution < 1.29 is 4.79 Å². The number of aryl methyl sites for hydroxylation is 3. The number of nitrogens with zero attached hydrogens (tertiary/aromatic N) is 4. The summed E-state index contributed by atoms with van der Waals surface area (Å²) < 4.78 is 1.88. The number of benzene rings is 2. The van der Waals surface area contributed by atoms with Crippen molar-refractivity contribution in [3.05, 3.63) is 88.9 Å². The molecular weight excluding hydrogens is 384 g/mol. The predicted octanol–water partition coefficient (Wildman–Crippen LogP) is 4.91. The molecule has 2 heterocycles. The van der Waals surface area contributed by atoms with Crippen LogP contribution in [0, 0.1) is 20.8 Å². The maximum Gasteiger partial charge on any atom is 0.222 e. The van der Waals surface area contributed by atoms with Crippen LogP contribution in [0.1, 0.15) is 34.6 Å². The quantitative estimate of drug-likeness (QED) is 0.452. The molecule has 0 fully saturated rings. The van der Waals surface area contributed by atoms with Crippen molar-refractivity contribution >= 4 is 11.6 Å². The maximum absolute atomic E-state index is 12.8. The first-order valence-electron chi connectivity index (χ1n) is 10.6. The Morgan fingerprint density at radius 1 is 0.968 bits per heavy atom. The summed E-state index contributed by atoms with van der Waals surface area (Å²) in [5.41, 5.74) is 8.44. The first-order chi connectivity index (χ1) is 14.9. The van der Waals surface area contributed by atoms with Gasteiger partial charge >= 0.3 is 0 Å². The van der Waals surface area contributed by atoms with E-state index in [0.29, 0.717) is 19.4 Å². The van der Waals surface area contributed by atoms with Gasteiger partial charge in [0.05, 0.1) is 5.69 Å². The van der Waals surface area contributed by atoms with E-state index in [1.165, 1.54) is 11.1 Å². The molecule has 5 nitrogen and oxygen atoms in total. The highest BCUT2D eigenvalue weighted by Gasteiger charge is 2.15. The van der Waals surface area contributed by atoms with Crippen LogP contribution < -0.4 is 0 Å². The molecule has 1 amide bonds. The Hall–Kier alpha value is -3.47. The third kappa shape index (κ3) is 4.50. The molecule has 0 aliphatic carbocycles. The zero-order valence-corrected chi connectivity index (χ0v) is 18.6. The van der Waals surface area contributed by atoms with Crippen molar-refractivity contribution in [1.82, 2.24) is 19.5 Å². The van der Waals surface area contributed by atoms with Gasteiger partial charge in [-0.05, 0) is 49.4 Å². The fraction of sp³-hybridized carbons (Fsp3) is 0.269. The second-order valence-electron chi connectivity index (χ2n) is 8.13. The fourth-order valence-electron chi connectivity index (χ4n) is 4.02. The molecule has 2 aromatic heterocycles. The van der Waals surface area contributed by atoms with Crippen molar-refractivity contribution in [2.24, 2.45) is 0 Å². The van der Waals surface area contributed by atoms with Crippen LogP contribution >= 0.6 is 0 Å². The molecule has 0 radical (unpaired) electrons. The first kappa shape index (κ1) is 20.8. The smallest absolute Gasteiger partial charge is 0.222 e. The predicted molar refractivity (Wildman–Crippen MR) is 124 cm³/mol. The molecule has 4 aromatic rings. The van der Waals surface area contributed by atoms with Gasteiger partial charge in [-0.1, -0.05) is 54.6 Å². The zero-order chi connectivity index (χ0) is 22.0. The van der Waals surface area contributed by atoms with Crippen LogP contribution in [0.15, 0.2) is 60.7 Å². The van der Waals surface area contributed by atoms with Gasteiger partial charge in [-0.3, -0.25) is 4.79 Å². The molecule has 0 aliphatic heterocycles. The van der Waals surface area contributed by atoms with Gasteiger partial charge in [-0.25, -0.2) is 9.50 Å². The van der Waals surface area contributed by atoms with E-state index in [-0.39, 0.29) is 5.91 Å². The monoisotopic (exact) mass is 412 g/mol. The summed E-state index contributed by atoms with van der Waals surface area (Å²) in [6.45, 7) is 6.62. The second-order valence-corrected chi connectivity index (χ2v) is 8.13. The van der Waals surface area contributed by atoms with Crippen molar-refractivity contribution in [2.75, 3.05) is 7.05 Å². The van der Waals surface area contributed by atoms with Crippen molar-refractivity contribution in [1.29, 1.82) is 0 Å². The highest BCUT2D eigenvalue weighted by atomic mass is 16.2. The average molecular weight is 413 g/mol. The summed E-state index contributed by atoms with van der Waals surface area (Å²) in [5, 5.41) is 4.52. The Morgan fingerprint density at radius 3 is 2.35 bits per heavy atom. The maximum atomic E-state index is 12.8. The summed E-state index contributed by atoms with van der Waals surface area (Å²) in [5.74, 6) is 0.127. The number of carbonyl (C=O) groups excluding carboxylic acids is 1. The van der Waals surface area contributed by atoms with Crippen LogP contribution in [0.3, 0.4) is 0 Å². The third-order valence-electron chi connectivity index (χ3n) is 5.78. The molecular formula is C26H28N4O. The van der Waals surface area contributed by atoms with E-state index < -0.39 is 0 Å². The molecule has 0 bridgehead atoms. The van der Waals surface area contributed by atoms with Crippen LogP contribution in [0.5, 0.6) is 0 Å². The lowest BCUT2D eigenvalue weighted by molar-refractivity contribution is -0.130. The summed E-state index contributed by atoms with van der Waals surface area (Å²) >= 11 is 0. The number of hydrogen-bond donors (Lipinski definition) is 0. The van der Waals surface area contributed by atoms with Crippen molar-refractivity contribution in [2.45, 2.75) is 40.2 Å². The highest BCUT2D eigenvalue weighted by molar-refractivity contribution is 5.76. The van der Waals surface area contributed by atoms with Crippen LogP contribution in [0.2, 0.25) is 0 Å². The molecule has 2 aromatic carbocycles. The van der Waals surface area contributed by atoms with Crippen molar-refractivity contribution in [3.63, 3.8) is 0 Å². The van der Waals surface area contributed by atoms with E-state index in [1.807, 2.05) is 56.6 Å². The topological polar surface area (TPSA) is 50.5 Å². The van der Waals surface area contributed by atoms with Gasteiger partial charge in [0.15, 0.2) is 5.65 Å². The second kappa shape index (κ2) is 8.72. The third-order valence-corrected chi connectivity index (χ3v) is 5.78. The summed E-state index contributed by atoms with van der Waals surface area (Å²) in [4.78, 5) is 19.2. The number of aromatic nitrogens is 3. The Balaban J connectivity index is 1.40. The lowest BCUT2D eigenvalue weighted by atomic mass is 10.0. The molecule has 0 unspecified atom stereocenters. The standard InChI is InChI=1S/C26H28N4O/c1-18-16-25-27-19(2)24(20(3)30(25)28-18)14-15-26(31)29(4)17-21-10-12-23(13-11-21)22-8-6-5-7-9-22/h5-13,16H,14-15,17H2,1-4H3. The van der Waals surface area contributed by atoms with Gasteiger partial charge in [0.25, 0.3) is 0 Å². The van der Waals surface area contributed by atoms with E-state index in [2.05, 4.69) is 46.5 Å². The Bertz CT molecular complexity index is 1210. The minimum atomic E-state index is 0.127. The van der Waals surface area contributed by atoms with E-state index in [0.717, 1.165) is 33.9 Å². The van der Waals surface area contributed by atoms with Crippen LogP contribution in [-0.2, 0) is 17.8 Å².